The molecule has 2 rings (SSSR count). The first-order chi connectivity index (χ1) is 15.9. The molecule has 0 aliphatic rings. The molecule has 0 atom stereocenters. The van der Waals surface area contributed by atoms with Crippen molar-refractivity contribution in [1.29, 1.82) is 0 Å². The maximum Gasteiger partial charge on any atom is 0.405 e. The van der Waals surface area contributed by atoms with Gasteiger partial charge in [-0.05, 0) is 37.1 Å². The van der Waals surface area contributed by atoms with Gasteiger partial charge in [0.1, 0.15) is 12.4 Å². The first-order valence-corrected chi connectivity index (χ1v) is 10.4. The van der Waals surface area contributed by atoms with Gasteiger partial charge in [0.25, 0.3) is 11.8 Å². The van der Waals surface area contributed by atoms with Gasteiger partial charge in [-0.15, -0.1) is 0 Å². The molecule has 34 heavy (non-hydrogen) atoms. The fourth-order valence-corrected chi connectivity index (χ4v) is 2.83. The molecule has 0 aliphatic carbocycles. The summed E-state index contributed by atoms with van der Waals surface area (Å²) in [6.07, 6.45) is -4.61. The Balaban J connectivity index is 2.07. The van der Waals surface area contributed by atoms with E-state index >= 15 is 0 Å². The molecule has 0 aromatic heterocycles. The number of benzene rings is 2. The quantitative estimate of drug-likeness (QED) is 0.408. The summed E-state index contributed by atoms with van der Waals surface area (Å²) in [6, 6.07) is 8.38. The van der Waals surface area contributed by atoms with E-state index in [0.717, 1.165) is 12.1 Å². The van der Waals surface area contributed by atoms with Gasteiger partial charge in [0.05, 0.1) is 17.8 Å². The lowest BCUT2D eigenvalue weighted by Gasteiger charge is -2.15. The van der Waals surface area contributed by atoms with E-state index in [4.69, 9.17) is 0 Å². The molecule has 7 nitrogen and oxygen atoms in total. The van der Waals surface area contributed by atoms with Crippen LogP contribution in [0.1, 0.15) is 40.1 Å². The second-order valence-electron chi connectivity index (χ2n) is 7.98. The highest BCUT2D eigenvalue weighted by atomic mass is 19.4. The lowest BCUT2D eigenvalue weighted by Crippen LogP contribution is -2.33. The molecule has 11 heteroatoms. The third kappa shape index (κ3) is 8.05. The zero-order valence-electron chi connectivity index (χ0n) is 18.9. The third-order valence-electron chi connectivity index (χ3n) is 4.61. The monoisotopic (exact) mass is 482 g/mol. The highest BCUT2D eigenvalue weighted by molar-refractivity contribution is 6.04. The van der Waals surface area contributed by atoms with Crippen molar-refractivity contribution in [1.82, 2.24) is 10.6 Å². The third-order valence-corrected chi connectivity index (χ3v) is 4.61. The average molecular weight is 482 g/mol. The Kier molecular flexibility index (Phi) is 8.99. The van der Waals surface area contributed by atoms with Crippen LogP contribution < -0.4 is 21.3 Å². The standard InChI is InChI=1S/C23H26F4N4O3/c1-13(2)10-29-22(34)16-6-4-5-7-18(16)31-20(32)11-28-19-9-15(8-17(24)14(19)3)21(33)30-12-23(25,26)27/h4-9,13,28H,10-12H2,1-3H3,(H,29,34)(H,30,33)(H,31,32). The minimum Gasteiger partial charge on any atom is -0.376 e. The molecule has 2 aromatic carbocycles. The van der Waals surface area contributed by atoms with Crippen LogP contribution in [0.15, 0.2) is 36.4 Å². The number of para-hydroxylation sites is 1. The molecule has 0 radical (unpaired) electrons. The van der Waals surface area contributed by atoms with Gasteiger partial charge in [0.2, 0.25) is 5.91 Å². The fraction of sp³-hybridized carbons (Fsp3) is 0.348. The number of halogens is 4. The van der Waals surface area contributed by atoms with E-state index in [2.05, 4.69) is 16.0 Å². The normalized spacial score (nSPS) is 11.2. The molecule has 0 bridgehead atoms. The number of hydrogen-bond acceptors (Lipinski definition) is 4. The second kappa shape index (κ2) is 11.5. The Morgan fingerprint density at radius 1 is 0.971 bits per heavy atom. The number of alkyl halides is 3. The summed E-state index contributed by atoms with van der Waals surface area (Å²) in [5.41, 5.74) is 0.354. The minimum absolute atomic E-state index is 0.0651. The summed E-state index contributed by atoms with van der Waals surface area (Å²) in [6.45, 7) is 3.83. The summed E-state index contributed by atoms with van der Waals surface area (Å²) in [4.78, 5) is 36.8. The summed E-state index contributed by atoms with van der Waals surface area (Å²) in [5.74, 6) is -2.60. The van der Waals surface area contributed by atoms with E-state index in [1.807, 2.05) is 13.8 Å². The van der Waals surface area contributed by atoms with Crippen LogP contribution in [-0.2, 0) is 4.79 Å². The topological polar surface area (TPSA) is 99.3 Å². The Hall–Kier alpha value is -3.63. The number of carbonyl (C=O) groups excluding carboxylic acids is 3. The van der Waals surface area contributed by atoms with Crippen LogP contribution in [0.5, 0.6) is 0 Å². The molecular formula is C23H26F4N4O3. The first-order valence-electron chi connectivity index (χ1n) is 10.4. The van der Waals surface area contributed by atoms with Crippen LogP contribution in [0, 0.1) is 18.7 Å². The van der Waals surface area contributed by atoms with E-state index in [-0.39, 0.29) is 46.4 Å². The van der Waals surface area contributed by atoms with Gasteiger partial charge >= 0.3 is 6.18 Å². The van der Waals surface area contributed by atoms with Gasteiger partial charge in [-0.3, -0.25) is 14.4 Å². The molecule has 0 saturated heterocycles. The van der Waals surface area contributed by atoms with E-state index < -0.39 is 30.4 Å². The Morgan fingerprint density at radius 3 is 2.29 bits per heavy atom. The van der Waals surface area contributed by atoms with Crippen LogP contribution in [0.25, 0.3) is 0 Å². The molecule has 0 fully saturated rings. The number of carbonyl (C=O) groups is 3. The van der Waals surface area contributed by atoms with Crippen molar-refractivity contribution in [3.8, 4) is 0 Å². The van der Waals surface area contributed by atoms with E-state index in [9.17, 15) is 31.9 Å². The summed E-state index contributed by atoms with van der Waals surface area (Å²) in [7, 11) is 0. The minimum atomic E-state index is -4.61. The molecule has 184 valence electrons. The van der Waals surface area contributed by atoms with Gasteiger partial charge < -0.3 is 21.3 Å². The summed E-state index contributed by atoms with van der Waals surface area (Å²) < 4.78 is 51.2. The predicted molar refractivity (Wildman–Crippen MR) is 120 cm³/mol. The van der Waals surface area contributed by atoms with Crippen LogP contribution in [-0.4, -0.2) is 43.5 Å². The number of rotatable bonds is 9. The maximum absolute atomic E-state index is 14.2. The van der Waals surface area contributed by atoms with Crippen molar-refractivity contribution >= 4 is 29.1 Å². The van der Waals surface area contributed by atoms with Gasteiger partial charge in [-0.25, -0.2) is 4.39 Å². The molecule has 0 saturated carbocycles. The fourth-order valence-electron chi connectivity index (χ4n) is 2.83. The lowest BCUT2D eigenvalue weighted by atomic mass is 10.1. The predicted octanol–water partition coefficient (Wildman–Crippen LogP) is 3.86. The Bertz CT molecular complexity index is 1050. The highest BCUT2D eigenvalue weighted by Gasteiger charge is 2.28. The molecule has 2 aromatic rings. The largest absolute Gasteiger partial charge is 0.405 e. The maximum atomic E-state index is 14.2. The van der Waals surface area contributed by atoms with Crippen LogP contribution in [0.3, 0.4) is 0 Å². The summed E-state index contributed by atoms with van der Waals surface area (Å²) in [5, 5.41) is 9.71. The molecule has 0 unspecified atom stereocenters. The van der Waals surface area contributed by atoms with Crippen LogP contribution >= 0.6 is 0 Å². The van der Waals surface area contributed by atoms with Crippen molar-refractivity contribution in [2.24, 2.45) is 5.92 Å². The molecule has 0 aliphatic heterocycles. The van der Waals surface area contributed by atoms with Crippen molar-refractivity contribution in [2.75, 3.05) is 30.3 Å². The highest BCUT2D eigenvalue weighted by Crippen LogP contribution is 2.22. The number of hydrogen-bond donors (Lipinski definition) is 4. The van der Waals surface area contributed by atoms with Crippen LogP contribution in [0.4, 0.5) is 28.9 Å². The SMILES string of the molecule is Cc1c(F)cc(C(=O)NCC(F)(F)F)cc1NCC(=O)Nc1ccccc1C(=O)NCC(C)C. The second-order valence-corrected chi connectivity index (χ2v) is 7.98. The summed E-state index contributed by atoms with van der Waals surface area (Å²) >= 11 is 0. The molecule has 4 N–H and O–H groups in total. The van der Waals surface area contributed by atoms with Crippen LogP contribution in [0.2, 0.25) is 0 Å². The molecule has 0 heterocycles. The van der Waals surface area contributed by atoms with Gasteiger partial charge in [0.15, 0.2) is 0 Å². The zero-order chi connectivity index (χ0) is 25.5. The molecular weight excluding hydrogens is 456 g/mol. The average Bonchev–Trinajstić information content (AvgIpc) is 2.76. The van der Waals surface area contributed by atoms with Gasteiger partial charge in [-0.1, -0.05) is 26.0 Å². The van der Waals surface area contributed by atoms with Gasteiger partial charge in [0, 0.05) is 23.4 Å². The zero-order valence-corrected chi connectivity index (χ0v) is 18.9. The number of nitrogens with one attached hydrogen (secondary N) is 4. The van der Waals surface area contributed by atoms with Gasteiger partial charge in [-0.2, -0.15) is 13.2 Å². The number of anilines is 2. The molecule has 0 spiro atoms. The van der Waals surface area contributed by atoms with Crippen molar-refractivity contribution < 1.29 is 31.9 Å². The van der Waals surface area contributed by atoms with Crippen molar-refractivity contribution in [3.63, 3.8) is 0 Å². The van der Waals surface area contributed by atoms with E-state index in [0.29, 0.717) is 6.54 Å². The number of amides is 3. The van der Waals surface area contributed by atoms with Crippen molar-refractivity contribution in [3.05, 3.63) is 58.9 Å². The molecule has 3 amide bonds. The van der Waals surface area contributed by atoms with E-state index in [1.165, 1.54) is 6.92 Å². The van der Waals surface area contributed by atoms with E-state index in [1.54, 1.807) is 29.6 Å². The first kappa shape index (κ1) is 26.6. The Morgan fingerprint density at radius 2 is 1.65 bits per heavy atom. The smallest absolute Gasteiger partial charge is 0.376 e. The lowest BCUT2D eigenvalue weighted by molar-refractivity contribution is -0.123. The van der Waals surface area contributed by atoms with Crippen molar-refractivity contribution in [2.45, 2.75) is 26.9 Å². The Labute approximate surface area is 194 Å².